The van der Waals surface area contributed by atoms with Gasteiger partial charge in [0.1, 0.15) is 5.70 Å². The van der Waals surface area contributed by atoms with Gasteiger partial charge in [-0.25, -0.2) is 0 Å². The van der Waals surface area contributed by atoms with Crippen LogP contribution in [0.3, 0.4) is 0 Å². The predicted octanol–water partition coefficient (Wildman–Crippen LogP) is 8.29. The summed E-state index contributed by atoms with van der Waals surface area (Å²) >= 11 is 13.7. The van der Waals surface area contributed by atoms with Gasteiger partial charge in [0, 0.05) is 37.3 Å². The quantitative estimate of drug-likeness (QED) is 0.114. The highest BCUT2D eigenvalue weighted by Gasteiger charge is 2.16. The number of rotatable bonds is 9. The van der Waals surface area contributed by atoms with E-state index in [0.717, 1.165) is 21.4 Å². The number of amides is 3. The number of carbonyl (C=O) groups is 3. The number of nitrogens with one attached hydrogen (secondary N) is 3. The molecule has 0 bridgehead atoms. The minimum absolute atomic E-state index is 0.00151. The van der Waals surface area contributed by atoms with E-state index in [1.54, 1.807) is 60.7 Å². The SMILES string of the molecule is O=C(CSc1ccc(NC(=O)/C(=C/c2ccc(Cl)cc2Cl)NC(=O)c2ccccc2)cc1)Nc1cccc2ccccc12. The van der Waals surface area contributed by atoms with Crippen molar-refractivity contribution in [3.8, 4) is 0 Å². The van der Waals surface area contributed by atoms with E-state index in [4.69, 9.17) is 23.2 Å². The minimum atomic E-state index is -0.537. The molecular weight excluding hydrogens is 601 g/mol. The number of hydrogen-bond donors (Lipinski definition) is 3. The van der Waals surface area contributed by atoms with E-state index in [1.165, 1.54) is 17.8 Å². The summed E-state index contributed by atoms with van der Waals surface area (Å²) in [6.45, 7) is 0. The predicted molar refractivity (Wildman–Crippen MR) is 177 cm³/mol. The maximum absolute atomic E-state index is 13.3. The molecule has 9 heteroatoms. The molecule has 0 aliphatic heterocycles. The van der Waals surface area contributed by atoms with Crippen LogP contribution in [0.15, 0.2) is 126 Å². The van der Waals surface area contributed by atoms with Gasteiger partial charge in [-0.2, -0.15) is 0 Å². The number of halogens is 2. The Bertz CT molecular complexity index is 1820. The average molecular weight is 627 g/mol. The fourth-order valence-corrected chi connectivity index (χ4v) is 5.38. The van der Waals surface area contributed by atoms with Crippen molar-refractivity contribution in [2.24, 2.45) is 0 Å². The van der Waals surface area contributed by atoms with E-state index >= 15 is 0 Å². The zero-order chi connectivity index (χ0) is 30.2. The largest absolute Gasteiger partial charge is 0.325 e. The Labute approximate surface area is 263 Å². The summed E-state index contributed by atoms with van der Waals surface area (Å²) in [6.07, 6.45) is 1.49. The summed E-state index contributed by atoms with van der Waals surface area (Å²) in [5.74, 6) is -0.885. The monoisotopic (exact) mass is 625 g/mol. The minimum Gasteiger partial charge on any atom is -0.325 e. The highest BCUT2D eigenvalue weighted by molar-refractivity contribution is 8.00. The number of fused-ring (bicyclic) bond motifs is 1. The van der Waals surface area contributed by atoms with Crippen molar-refractivity contribution >= 4 is 80.9 Å². The molecule has 0 atom stereocenters. The molecule has 3 amide bonds. The van der Waals surface area contributed by atoms with Crippen molar-refractivity contribution in [1.82, 2.24) is 5.32 Å². The van der Waals surface area contributed by atoms with Gasteiger partial charge in [-0.1, -0.05) is 83.9 Å². The molecule has 5 aromatic rings. The van der Waals surface area contributed by atoms with Crippen LogP contribution in [0.1, 0.15) is 15.9 Å². The molecule has 0 radical (unpaired) electrons. The summed E-state index contributed by atoms with van der Waals surface area (Å²) in [5.41, 5.74) is 2.19. The van der Waals surface area contributed by atoms with E-state index in [-0.39, 0.29) is 17.4 Å². The van der Waals surface area contributed by atoms with Crippen LogP contribution >= 0.6 is 35.0 Å². The first-order chi connectivity index (χ1) is 20.9. The lowest BCUT2D eigenvalue weighted by Gasteiger charge is -2.12. The number of hydrogen-bond acceptors (Lipinski definition) is 4. The molecule has 0 aromatic heterocycles. The van der Waals surface area contributed by atoms with Crippen LogP contribution in [0, 0.1) is 0 Å². The summed E-state index contributed by atoms with van der Waals surface area (Å²) in [6, 6.07) is 34.2. The lowest BCUT2D eigenvalue weighted by Crippen LogP contribution is -2.30. The third kappa shape index (κ3) is 8.05. The van der Waals surface area contributed by atoms with Gasteiger partial charge in [-0.05, 0) is 71.6 Å². The summed E-state index contributed by atoms with van der Waals surface area (Å²) in [5, 5.41) is 11.3. The maximum Gasteiger partial charge on any atom is 0.272 e. The third-order valence-electron chi connectivity index (χ3n) is 6.34. The topological polar surface area (TPSA) is 87.3 Å². The standard InChI is InChI=1S/C34H25Cl2N3O3S/c35-25-14-13-24(29(36)20-25)19-31(39-33(41)23-8-2-1-3-9-23)34(42)37-26-15-17-27(18-16-26)43-21-32(40)38-30-12-6-10-22-7-4-5-11-28(22)30/h1-20H,21H2,(H,37,42)(H,38,40)(H,39,41)/b31-19-. The maximum atomic E-state index is 13.3. The van der Waals surface area contributed by atoms with Gasteiger partial charge in [-0.15, -0.1) is 11.8 Å². The second-order valence-corrected chi connectivity index (χ2v) is 11.3. The van der Waals surface area contributed by atoms with E-state index in [1.807, 2.05) is 54.6 Å². The van der Waals surface area contributed by atoms with E-state index in [9.17, 15) is 14.4 Å². The third-order valence-corrected chi connectivity index (χ3v) is 7.91. The van der Waals surface area contributed by atoms with Crippen LogP contribution < -0.4 is 16.0 Å². The van der Waals surface area contributed by atoms with Gasteiger partial charge in [0.05, 0.1) is 5.75 Å². The highest BCUT2D eigenvalue weighted by atomic mass is 35.5. The zero-order valence-corrected chi connectivity index (χ0v) is 25.0. The van der Waals surface area contributed by atoms with Crippen molar-refractivity contribution < 1.29 is 14.4 Å². The molecule has 3 N–H and O–H groups in total. The highest BCUT2D eigenvalue weighted by Crippen LogP contribution is 2.26. The summed E-state index contributed by atoms with van der Waals surface area (Å²) in [4.78, 5) is 39.7. The Kier molecular flexibility index (Phi) is 9.79. The van der Waals surface area contributed by atoms with E-state index in [2.05, 4.69) is 16.0 Å². The first-order valence-electron chi connectivity index (χ1n) is 13.2. The number of thioether (sulfide) groups is 1. The van der Waals surface area contributed by atoms with Crippen molar-refractivity contribution in [1.29, 1.82) is 0 Å². The molecule has 6 nitrogen and oxygen atoms in total. The molecule has 43 heavy (non-hydrogen) atoms. The Morgan fingerprint density at radius 1 is 0.744 bits per heavy atom. The molecule has 0 aliphatic rings. The Morgan fingerprint density at radius 3 is 2.23 bits per heavy atom. The zero-order valence-electron chi connectivity index (χ0n) is 22.6. The lowest BCUT2D eigenvalue weighted by atomic mass is 10.1. The van der Waals surface area contributed by atoms with Gasteiger partial charge in [0.25, 0.3) is 11.8 Å². The van der Waals surface area contributed by atoms with Gasteiger partial charge >= 0.3 is 0 Å². The molecule has 0 unspecified atom stereocenters. The molecule has 214 valence electrons. The van der Waals surface area contributed by atoms with Gasteiger partial charge in [0.2, 0.25) is 5.91 Å². The Morgan fingerprint density at radius 2 is 1.47 bits per heavy atom. The van der Waals surface area contributed by atoms with Crippen molar-refractivity contribution in [3.05, 3.63) is 142 Å². The lowest BCUT2D eigenvalue weighted by molar-refractivity contribution is -0.114. The fourth-order valence-electron chi connectivity index (χ4n) is 4.22. The van der Waals surface area contributed by atoms with Crippen LogP contribution in [0.4, 0.5) is 11.4 Å². The van der Waals surface area contributed by atoms with Crippen LogP contribution in [-0.2, 0) is 9.59 Å². The normalized spacial score (nSPS) is 11.2. The second kappa shape index (κ2) is 14.1. The molecule has 5 rings (SSSR count). The van der Waals surface area contributed by atoms with Crippen LogP contribution in [-0.4, -0.2) is 23.5 Å². The van der Waals surface area contributed by atoms with Gasteiger partial charge in [0.15, 0.2) is 0 Å². The molecule has 0 fully saturated rings. The summed E-state index contributed by atoms with van der Waals surface area (Å²) < 4.78 is 0. The van der Waals surface area contributed by atoms with Crippen LogP contribution in [0.2, 0.25) is 10.0 Å². The van der Waals surface area contributed by atoms with Crippen molar-refractivity contribution in [2.75, 3.05) is 16.4 Å². The second-order valence-electron chi connectivity index (χ2n) is 9.39. The Balaban J connectivity index is 1.24. The molecule has 5 aromatic carbocycles. The van der Waals surface area contributed by atoms with Crippen LogP contribution in [0.5, 0.6) is 0 Å². The van der Waals surface area contributed by atoms with E-state index in [0.29, 0.717) is 26.9 Å². The smallest absolute Gasteiger partial charge is 0.272 e. The fraction of sp³-hybridized carbons (Fsp3) is 0.0294. The van der Waals surface area contributed by atoms with Crippen LogP contribution in [0.25, 0.3) is 16.8 Å². The van der Waals surface area contributed by atoms with Gasteiger partial charge in [-0.3, -0.25) is 14.4 Å². The number of anilines is 2. The molecular formula is C34H25Cl2N3O3S. The first kappa shape index (κ1) is 29.9. The van der Waals surface area contributed by atoms with Gasteiger partial charge < -0.3 is 16.0 Å². The molecule has 0 heterocycles. The van der Waals surface area contributed by atoms with Crippen molar-refractivity contribution in [3.63, 3.8) is 0 Å². The molecule has 0 saturated carbocycles. The molecule has 0 saturated heterocycles. The Hall–Kier alpha value is -4.56. The van der Waals surface area contributed by atoms with Crippen molar-refractivity contribution in [2.45, 2.75) is 4.90 Å². The number of benzene rings is 5. The first-order valence-corrected chi connectivity index (χ1v) is 14.9. The molecule has 0 spiro atoms. The molecule has 0 aliphatic carbocycles. The number of carbonyl (C=O) groups excluding carboxylic acids is 3. The van der Waals surface area contributed by atoms with E-state index < -0.39 is 11.8 Å². The summed E-state index contributed by atoms with van der Waals surface area (Å²) in [7, 11) is 0. The average Bonchev–Trinajstić information content (AvgIpc) is 3.02.